The molecule has 0 spiro atoms. The number of Topliss-reactive ketones (excluding diaryl/α,β-unsaturated/α-hetero) is 3. The number of hydrogen-bond acceptors (Lipinski definition) is 18. The SMILES string of the molecule is CC.COCCOCCCC(=O)[C@@H](CCC(=O)OCc1ccccc1)NC(=O)[C@H](CCC(=O)OCc1ccccc1)CC(=O)[C@@H](CC(C)C)NC(=O)[C@@H](CC(=O)[C@H](CC(=O)OC(C)(C)C)NC(C)=O)Cc1ccc(OCc2ccccc2)cc1.COCCOCCN. The zero-order valence-corrected chi connectivity index (χ0v) is 55.8. The van der Waals surface area contributed by atoms with E-state index < -0.39 is 108 Å². The Morgan fingerprint density at radius 3 is 1.47 bits per heavy atom. The van der Waals surface area contributed by atoms with Gasteiger partial charge in [-0.15, -0.1) is 0 Å². The molecule has 4 aromatic rings. The highest BCUT2D eigenvalue weighted by molar-refractivity contribution is 5.97. The van der Waals surface area contributed by atoms with Gasteiger partial charge in [0, 0.05) is 78.2 Å². The van der Waals surface area contributed by atoms with E-state index in [9.17, 15) is 43.2 Å². The van der Waals surface area contributed by atoms with Crippen LogP contribution in [0.2, 0.25) is 0 Å². The molecule has 3 amide bonds. The van der Waals surface area contributed by atoms with Gasteiger partial charge in [0.15, 0.2) is 17.3 Å². The summed E-state index contributed by atoms with van der Waals surface area (Å²) in [6, 6.07) is 30.9. The zero-order chi connectivity index (χ0) is 68.1. The molecule has 5 atom stereocenters. The number of nitrogens with one attached hydrogen (secondary N) is 3. The standard InChI is InChI=1S/C64H83N3O15.C5H13NO2.C2H6/c1-44(2)36-54(67-63(76)51(39-58(71)55(65-45(3)68)40-61(74)82-64(4,5)6)37-46-25-28-52(29-26-46)79-41-47-18-11-8-12-19-47)57(70)38-50(27-31-59(72)80-42-48-20-13-9-14-21-48)62(75)66-53(56(69)24-17-33-78-35-34-77-7)30-32-60(73)81-43-49-22-15-10-16-23-49;1-7-4-5-8-3-2-6;1-2/h8-16,18-23,25-26,28-29,44,50-51,53-55H,17,24,27,30-43H2,1-7H3,(H,65,68)(H,66,75)(H,67,76);2-6H2,1H3;1-2H3/t50-,51-,53-,54-,55+;;/m1../s1. The van der Waals surface area contributed by atoms with Crippen molar-refractivity contribution in [3.8, 4) is 5.75 Å². The molecule has 92 heavy (non-hydrogen) atoms. The van der Waals surface area contributed by atoms with Gasteiger partial charge < -0.3 is 59.6 Å². The minimum Gasteiger partial charge on any atom is -0.489 e. The Morgan fingerprint density at radius 2 is 0.967 bits per heavy atom. The second kappa shape index (κ2) is 47.2. The summed E-state index contributed by atoms with van der Waals surface area (Å²) in [5, 5.41) is 8.22. The lowest BCUT2D eigenvalue weighted by Crippen LogP contribution is -2.48. The molecule has 0 aliphatic rings. The molecule has 0 fully saturated rings. The fourth-order valence-corrected chi connectivity index (χ4v) is 9.05. The predicted molar refractivity (Wildman–Crippen MR) is 350 cm³/mol. The number of nitrogens with two attached hydrogens (primary N) is 1. The summed E-state index contributed by atoms with van der Waals surface area (Å²) in [4.78, 5) is 124. The first-order chi connectivity index (χ1) is 44.1. The number of esters is 3. The molecule has 508 valence electrons. The lowest BCUT2D eigenvalue weighted by Gasteiger charge is -2.27. The minimum absolute atomic E-state index is 0.00292. The fourth-order valence-electron chi connectivity index (χ4n) is 9.05. The smallest absolute Gasteiger partial charge is 0.308 e. The fraction of sp³-hybridized carbons (Fsp3) is 0.535. The molecule has 0 saturated carbocycles. The van der Waals surface area contributed by atoms with E-state index in [0.29, 0.717) is 63.9 Å². The van der Waals surface area contributed by atoms with E-state index in [0.717, 1.165) is 16.7 Å². The summed E-state index contributed by atoms with van der Waals surface area (Å²) < 4.78 is 42.8. The molecular weight excluding hydrogens is 1180 g/mol. The number of methoxy groups -OCH3 is 2. The minimum atomic E-state index is -1.34. The highest BCUT2D eigenvalue weighted by atomic mass is 16.6. The molecule has 0 saturated heterocycles. The maximum atomic E-state index is 14.8. The largest absolute Gasteiger partial charge is 0.489 e. The molecule has 0 unspecified atom stereocenters. The van der Waals surface area contributed by atoms with Crippen LogP contribution in [0.4, 0.5) is 0 Å². The van der Waals surface area contributed by atoms with Crippen molar-refractivity contribution in [1.82, 2.24) is 16.0 Å². The van der Waals surface area contributed by atoms with Crippen LogP contribution >= 0.6 is 0 Å². The number of hydrogen-bond donors (Lipinski definition) is 4. The molecule has 21 heteroatoms. The summed E-state index contributed by atoms with van der Waals surface area (Å²) in [5.41, 5.74) is 7.35. The zero-order valence-electron chi connectivity index (χ0n) is 55.8. The van der Waals surface area contributed by atoms with Crippen molar-refractivity contribution >= 4 is 53.0 Å². The van der Waals surface area contributed by atoms with Crippen molar-refractivity contribution in [2.45, 2.75) is 170 Å². The summed E-state index contributed by atoms with van der Waals surface area (Å²) in [7, 11) is 3.18. The summed E-state index contributed by atoms with van der Waals surface area (Å²) >= 11 is 0. The van der Waals surface area contributed by atoms with E-state index in [2.05, 4.69) is 16.0 Å². The molecule has 21 nitrogen and oxygen atoms in total. The van der Waals surface area contributed by atoms with Crippen LogP contribution in [0.5, 0.6) is 5.75 Å². The molecule has 5 N–H and O–H groups in total. The highest BCUT2D eigenvalue weighted by Crippen LogP contribution is 2.24. The van der Waals surface area contributed by atoms with Crippen LogP contribution < -0.4 is 26.4 Å². The molecule has 0 aliphatic heterocycles. The molecule has 0 aliphatic carbocycles. The average Bonchev–Trinajstić information content (AvgIpc) is 1.05. The van der Waals surface area contributed by atoms with Crippen LogP contribution in [0.15, 0.2) is 115 Å². The molecule has 4 rings (SSSR count). The molecule has 0 aromatic heterocycles. The third kappa shape index (κ3) is 37.0. The van der Waals surface area contributed by atoms with Crippen molar-refractivity contribution in [3.63, 3.8) is 0 Å². The van der Waals surface area contributed by atoms with E-state index >= 15 is 0 Å². The molecule has 0 bridgehead atoms. The maximum Gasteiger partial charge on any atom is 0.308 e. The van der Waals surface area contributed by atoms with E-state index in [4.69, 9.17) is 43.6 Å². The van der Waals surface area contributed by atoms with Gasteiger partial charge in [0.1, 0.15) is 31.2 Å². The van der Waals surface area contributed by atoms with Gasteiger partial charge in [-0.05, 0) is 93.2 Å². The Bertz CT molecular complexity index is 2750. The van der Waals surface area contributed by atoms with Gasteiger partial charge in [-0.3, -0.25) is 43.2 Å². The topological polar surface area (TPSA) is 290 Å². The van der Waals surface area contributed by atoms with Gasteiger partial charge in [0.25, 0.3) is 0 Å². The number of benzene rings is 4. The highest BCUT2D eigenvalue weighted by Gasteiger charge is 2.35. The first kappa shape index (κ1) is 80.4. The second-order valence-electron chi connectivity index (χ2n) is 23.1. The van der Waals surface area contributed by atoms with Crippen LogP contribution in [-0.2, 0) is 103 Å². The van der Waals surface area contributed by atoms with Gasteiger partial charge in [-0.2, -0.15) is 0 Å². The van der Waals surface area contributed by atoms with Crippen molar-refractivity contribution < 1.29 is 81.0 Å². The number of rotatable bonds is 43. The van der Waals surface area contributed by atoms with Gasteiger partial charge in [-0.25, -0.2) is 0 Å². The van der Waals surface area contributed by atoms with Gasteiger partial charge in [0.2, 0.25) is 17.7 Å². The Morgan fingerprint density at radius 1 is 0.489 bits per heavy atom. The predicted octanol–water partition coefficient (Wildman–Crippen LogP) is 8.90. The first-order valence-electron chi connectivity index (χ1n) is 31.7. The van der Waals surface area contributed by atoms with Crippen LogP contribution in [-0.4, -0.2) is 137 Å². The molecular formula is C71H102N4O17. The Kier molecular flexibility index (Phi) is 41.3. The van der Waals surface area contributed by atoms with Gasteiger partial charge in [-0.1, -0.05) is 131 Å². The van der Waals surface area contributed by atoms with Crippen molar-refractivity contribution in [1.29, 1.82) is 0 Å². The van der Waals surface area contributed by atoms with Crippen molar-refractivity contribution in [2.75, 3.05) is 60.4 Å². The average molecular weight is 1280 g/mol. The Balaban J connectivity index is 0.00000266. The van der Waals surface area contributed by atoms with Gasteiger partial charge >= 0.3 is 17.9 Å². The number of carbonyl (C=O) groups is 9. The molecule has 4 aromatic carbocycles. The van der Waals surface area contributed by atoms with Crippen molar-refractivity contribution in [2.24, 2.45) is 23.5 Å². The summed E-state index contributed by atoms with van der Waals surface area (Å²) in [6.07, 6.45) is -1.89. The van der Waals surface area contributed by atoms with E-state index in [1.165, 1.54) is 14.0 Å². The van der Waals surface area contributed by atoms with E-state index in [-0.39, 0.29) is 70.7 Å². The van der Waals surface area contributed by atoms with Crippen LogP contribution in [0.3, 0.4) is 0 Å². The quantitative estimate of drug-likeness (QED) is 0.0183. The Labute approximate surface area is 544 Å². The van der Waals surface area contributed by atoms with Gasteiger partial charge in [0.05, 0.1) is 57.6 Å². The molecule has 0 heterocycles. The Hall–Kier alpha value is -7.69. The second-order valence-corrected chi connectivity index (χ2v) is 23.1. The van der Waals surface area contributed by atoms with Crippen LogP contribution in [0.25, 0.3) is 0 Å². The van der Waals surface area contributed by atoms with Crippen LogP contribution in [0.1, 0.15) is 142 Å². The van der Waals surface area contributed by atoms with E-state index in [1.54, 1.807) is 88.5 Å². The monoisotopic (exact) mass is 1280 g/mol. The normalized spacial score (nSPS) is 12.6. The molecule has 0 radical (unpaired) electrons. The van der Waals surface area contributed by atoms with E-state index in [1.807, 2.05) is 82.3 Å². The number of ether oxygens (including phenoxy) is 8. The van der Waals surface area contributed by atoms with Crippen molar-refractivity contribution in [3.05, 3.63) is 138 Å². The number of ketones is 3. The lowest BCUT2D eigenvalue weighted by molar-refractivity contribution is -0.156. The van der Waals surface area contributed by atoms with Crippen LogP contribution in [0, 0.1) is 17.8 Å². The number of carbonyl (C=O) groups excluding carboxylic acids is 9. The summed E-state index contributed by atoms with van der Waals surface area (Å²) in [6.45, 7) is 17.6. The third-order valence-corrected chi connectivity index (χ3v) is 13.6. The lowest BCUT2D eigenvalue weighted by atomic mass is 9.88. The number of amides is 3. The summed E-state index contributed by atoms with van der Waals surface area (Å²) in [5.74, 6) is -7.56. The third-order valence-electron chi connectivity index (χ3n) is 13.6. The first-order valence-corrected chi connectivity index (χ1v) is 31.7. The maximum absolute atomic E-state index is 14.8.